The van der Waals surface area contributed by atoms with Crippen LogP contribution >= 0.6 is 0 Å². The van der Waals surface area contributed by atoms with Gasteiger partial charge in [-0.25, -0.2) is 0 Å². The molecule has 2 aromatic rings. The summed E-state index contributed by atoms with van der Waals surface area (Å²) in [4.78, 5) is 23.3. The Hall–Kier alpha value is -2.62. The van der Waals surface area contributed by atoms with Gasteiger partial charge in [-0.3, -0.25) is 9.59 Å². The van der Waals surface area contributed by atoms with Gasteiger partial charge in [0.2, 0.25) is 0 Å². The Morgan fingerprint density at radius 2 is 1.05 bits per heavy atom. The molecular weight excluding hydrogens is 268 g/mol. The zero-order valence-electron chi connectivity index (χ0n) is 11.5. The summed E-state index contributed by atoms with van der Waals surface area (Å²) in [5.74, 6) is 0.693. The van der Waals surface area contributed by atoms with Crippen molar-refractivity contribution in [2.45, 2.75) is 6.42 Å². The fourth-order valence-corrected chi connectivity index (χ4v) is 1.68. The number of Topliss-reactive ketones (excluding diaryl/α,β-unsaturated/α-hetero) is 2. The quantitative estimate of drug-likeness (QED) is 0.699. The number of carbonyl (C=O) groups is 2. The largest absolute Gasteiger partial charge is 0.486 e. The third kappa shape index (κ3) is 5.48. The van der Waals surface area contributed by atoms with E-state index >= 15 is 0 Å². The van der Waals surface area contributed by atoms with Crippen molar-refractivity contribution in [2.75, 3.05) is 13.2 Å². The van der Waals surface area contributed by atoms with Crippen molar-refractivity contribution in [3.8, 4) is 11.5 Å². The summed E-state index contributed by atoms with van der Waals surface area (Å²) in [5, 5.41) is 0. The molecule has 4 nitrogen and oxygen atoms in total. The second-order valence-corrected chi connectivity index (χ2v) is 4.46. The highest BCUT2D eigenvalue weighted by molar-refractivity contribution is 6.00. The zero-order chi connectivity index (χ0) is 14.9. The van der Waals surface area contributed by atoms with Crippen molar-refractivity contribution in [3.63, 3.8) is 0 Å². The molecule has 21 heavy (non-hydrogen) atoms. The number of ketones is 2. The molecule has 0 atom stereocenters. The molecular formula is C17H16O4. The molecule has 0 unspecified atom stereocenters. The first-order valence-electron chi connectivity index (χ1n) is 6.63. The van der Waals surface area contributed by atoms with E-state index in [-0.39, 0.29) is 31.2 Å². The Bertz CT molecular complexity index is 525. The fraction of sp³-hybridized carbons (Fsp3) is 0.176. The highest BCUT2D eigenvalue weighted by Gasteiger charge is 2.11. The van der Waals surface area contributed by atoms with Crippen molar-refractivity contribution in [1.29, 1.82) is 0 Å². The number of rotatable bonds is 8. The van der Waals surface area contributed by atoms with Gasteiger partial charge in [0.05, 0.1) is 6.42 Å². The van der Waals surface area contributed by atoms with Crippen LogP contribution in [0, 0.1) is 0 Å². The molecule has 108 valence electrons. The molecule has 0 aliphatic heterocycles. The predicted molar refractivity (Wildman–Crippen MR) is 78.5 cm³/mol. The van der Waals surface area contributed by atoms with E-state index in [1.807, 2.05) is 36.4 Å². The van der Waals surface area contributed by atoms with Gasteiger partial charge in [-0.2, -0.15) is 0 Å². The summed E-state index contributed by atoms with van der Waals surface area (Å²) >= 11 is 0. The first-order valence-corrected chi connectivity index (χ1v) is 6.63. The van der Waals surface area contributed by atoms with E-state index in [0.717, 1.165) is 0 Å². The van der Waals surface area contributed by atoms with E-state index in [9.17, 15) is 9.59 Å². The van der Waals surface area contributed by atoms with Gasteiger partial charge >= 0.3 is 0 Å². The molecule has 0 aliphatic rings. The average Bonchev–Trinajstić information content (AvgIpc) is 2.53. The monoisotopic (exact) mass is 284 g/mol. The highest BCUT2D eigenvalue weighted by atomic mass is 16.5. The lowest BCUT2D eigenvalue weighted by molar-refractivity contribution is -0.129. The van der Waals surface area contributed by atoms with Crippen molar-refractivity contribution in [2.24, 2.45) is 0 Å². The summed E-state index contributed by atoms with van der Waals surface area (Å²) in [6.07, 6.45) is -0.181. The second kappa shape index (κ2) is 7.85. The van der Waals surface area contributed by atoms with Crippen LogP contribution in [-0.4, -0.2) is 24.8 Å². The van der Waals surface area contributed by atoms with Gasteiger partial charge in [0.25, 0.3) is 0 Å². The van der Waals surface area contributed by atoms with Gasteiger partial charge in [0.15, 0.2) is 11.6 Å². The van der Waals surface area contributed by atoms with E-state index in [1.165, 1.54) is 0 Å². The number of hydrogen-bond acceptors (Lipinski definition) is 4. The topological polar surface area (TPSA) is 52.6 Å². The van der Waals surface area contributed by atoms with Crippen LogP contribution < -0.4 is 9.47 Å². The van der Waals surface area contributed by atoms with E-state index < -0.39 is 0 Å². The average molecular weight is 284 g/mol. The zero-order valence-corrected chi connectivity index (χ0v) is 11.5. The molecule has 0 radical (unpaired) electrons. The van der Waals surface area contributed by atoms with Crippen LogP contribution in [0.3, 0.4) is 0 Å². The molecule has 0 heterocycles. The maximum absolute atomic E-state index is 11.6. The SMILES string of the molecule is O=C(COc1ccccc1)CC(=O)COc1ccccc1. The van der Waals surface area contributed by atoms with Crippen molar-refractivity contribution in [1.82, 2.24) is 0 Å². The van der Waals surface area contributed by atoms with Crippen LogP contribution in [0.4, 0.5) is 0 Å². The minimum absolute atomic E-state index is 0.110. The minimum atomic E-state index is -0.263. The van der Waals surface area contributed by atoms with Gasteiger partial charge in [-0.15, -0.1) is 0 Å². The summed E-state index contributed by atoms with van der Waals surface area (Å²) in [7, 11) is 0. The van der Waals surface area contributed by atoms with E-state index in [4.69, 9.17) is 9.47 Å². The van der Waals surface area contributed by atoms with Crippen LogP contribution in [0.2, 0.25) is 0 Å². The lowest BCUT2D eigenvalue weighted by Gasteiger charge is -2.06. The van der Waals surface area contributed by atoms with Crippen LogP contribution in [0.5, 0.6) is 11.5 Å². The molecule has 0 saturated carbocycles. The second-order valence-electron chi connectivity index (χ2n) is 4.46. The minimum Gasteiger partial charge on any atom is -0.486 e. The van der Waals surface area contributed by atoms with E-state index in [0.29, 0.717) is 11.5 Å². The van der Waals surface area contributed by atoms with Crippen LogP contribution in [-0.2, 0) is 9.59 Å². The third-order valence-electron chi connectivity index (χ3n) is 2.68. The fourth-order valence-electron chi connectivity index (χ4n) is 1.68. The van der Waals surface area contributed by atoms with Crippen LogP contribution in [0.15, 0.2) is 60.7 Å². The normalized spacial score (nSPS) is 9.90. The molecule has 0 aliphatic carbocycles. The highest BCUT2D eigenvalue weighted by Crippen LogP contribution is 2.09. The first-order chi connectivity index (χ1) is 10.2. The van der Waals surface area contributed by atoms with Crippen molar-refractivity contribution >= 4 is 11.6 Å². The van der Waals surface area contributed by atoms with Crippen molar-refractivity contribution < 1.29 is 19.1 Å². The molecule has 0 bridgehead atoms. The number of ether oxygens (including phenoxy) is 2. The number of para-hydroxylation sites is 2. The molecule has 0 spiro atoms. The summed E-state index contributed by atoms with van der Waals surface area (Å²) in [6, 6.07) is 18.0. The predicted octanol–water partition coefficient (Wildman–Crippen LogP) is 2.67. The molecule has 4 heteroatoms. The maximum Gasteiger partial charge on any atom is 0.177 e. The smallest absolute Gasteiger partial charge is 0.177 e. The summed E-state index contributed by atoms with van der Waals surface area (Å²) in [5.41, 5.74) is 0. The number of benzene rings is 2. The van der Waals surface area contributed by atoms with E-state index in [2.05, 4.69) is 0 Å². The van der Waals surface area contributed by atoms with Gasteiger partial charge in [0, 0.05) is 0 Å². The Morgan fingerprint density at radius 3 is 1.43 bits per heavy atom. The Morgan fingerprint density at radius 1 is 0.667 bits per heavy atom. The van der Waals surface area contributed by atoms with E-state index in [1.54, 1.807) is 24.3 Å². The Balaban J connectivity index is 1.69. The van der Waals surface area contributed by atoms with Gasteiger partial charge in [-0.05, 0) is 24.3 Å². The standard InChI is InChI=1S/C17H16O4/c18-14(12-20-16-7-3-1-4-8-16)11-15(19)13-21-17-9-5-2-6-10-17/h1-10H,11-13H2. The molecule has 2 rings (SSSR count). The van der Waals surface area contributed by atoms with Gasteiger partial charge in [-0.1, -0.05) is 36.4 Å². The van der Waals surface area contributed by atoms with Gasteiger partial charge < -0.3 is 9.47 Å². The maximum atomic E-state index is 11.6. The van der Waals surface area contributed by atoms with Crippen LogP contribution in [0.25, 0.3) is 0 Å². The molecule has 2 aromatic carbocycles. The number of carbonyl (C=O) groups excluding carboxylic acids is 2. The lowest BCUT2D eigenvalue weighted by Crippen LogP contribution is -2.20. The lowest BCUT2D eigenvalue weighted by atomic mass is 10.2. The van der Waals surface area contributed by atoms with Crippen molar-refractivity contribution in [3.05, 3.63) is 60.7 Å². The van der Waals surface area contributed by atoms with Gasteiger partial charge in [0.1, 0.15) is 24.7 Å². The number of hydrogen-bond donors (Lipinski definition) is 0. The molecule has 0 saturated heterocycles. The molecule has 0 fully saturated rings. The summed E-state index contributed by atoms with van der Waals surface area (Å²) in [6.45, 7) is -0.220. The van der Waals surface area contributed by atoms with Crippen LogP contribution in [0.1, 0.15) is 6.42 Å². The molecule has 0 amide bonds. The Kier molecular flexibility index (Phi) is 5.52. The molecule has 0 aromatic heterocycles. The Labute approximate surface area is 123 Å². The third-order valence-corrected chi connectivity index (χ3v) is 2.68. The molecule has 0 N–H and O–H groups in total. The summed E-state index contributed by atoms with van der Waals surface area (Å²) < 4.78 is 10.6. The first kappa shape index (κ1) is 14.8.